The van der Waals surface area contributed by atoms with Gasteiger partial charge < -0.3 is 5.11 Å². The van der Waals surface area contributed by atoms with Gasteiger partial charge in [-0.05, 0) is 49.3 Å². The van der Waals surface area contributed by atoms with Gasteiger partial charge in [-0.15, -0.1) is 0 Å². The van der Waals surface area contributed by atoms with Gasteiger partial charge in [0.25, 0.3) is 0 Å². The van der Waals surface area contributed by atoms with Crippen LogP contribution in [0.3, 0.4) is 0 Å². The first-order valence-electron chi connectivity index (χ1n) is 6.94. The van der Waals surface area contributed by atoms with Crippen LogP contribution in [0.25, 0.3) is 0 Å². The van der Waals surface area contributed by atoms with Crippen LogP contribution in [0.15, 0.2) is 18.2 Å². The number of carbonyl (C=O) groups is 2. The molecule has 4 nitrogen and oxygen atoms in total. The first-order valence-corrected chi connectivity index (χ1v) is 7.32. The molecule has 3 fully saturated rings. The van der Waals surface area contributed by atoms with Gasteiger partial charge in [-0.3, -0.25) is 9.59 Å². The summed E-state index contributed by atoms with van der Waals surface area (Å²) in [5.41, 5.74) is 0.469. The lowest BCUT2D eigenvalue weighted by Crippen LogP contribution is -2.32. The number of rotatable bonds is 1. The maximum atomic E-state index is 12.6. The average molecular weight is 292 g/mol. The summed E-state index contributed by atoms with van der Waals surface area (Å²) in [5.74, 6) is 0.262. The highest BCUT2D eigenvalue weighted by molar-refractivity contribution is 6.32. The number of anilines is 1. The van der Waals surface area contributed by atoms with E-state index in [0.717, 1.165) is 19.3 Å². The Kier molecular flexibility index (Phi) is 2.43. The van der Waals surface area contributed by atoms with Crippen molar-refractivity contribution < 1.29 is 14.7 Å². The molecule has 1 heterocycles. The summed E-state index contributed by atoms with van der Waals surface area (Å²) in [4.78, 5) is 26.4. The molecule has 1 aromatic carbocycles. The lowest BCUT2D eigenvalue weighted by Gasteiger charge is -2.19. The van der Waals surface area contributed by atoms with E-state index < -0.39 is 0 Å². The number of amides is 2. The number of phenolic OH excluding ortho intramolecular Hbond substituents is 1. The molecule has 5 heteroatoms. The van der Waals surface area contributed by atoms with Crippen LogP contribution in [0.4, 0.5) is 5.69 Å². The van der Waals surface area contributed by atoms with Gasteiger partial charge in [0.1, 0.15) is 5.75 Å². The molecular formula is C15H14ClNO3. The van der Waals surface area contributed by atoms with Crippen molar-refractivity contribution in [1.29, 1.82) is 0 Å². The van der Waals surface area contributed by atoms with E-state index in [0.29, 0.717) is 17.5 Å². The Bertz CT molecular complexity index is 602. The monoisotopic (exact) mass is 291 g/mol. The van der Waals surface area contributed by atoms with Crippen LogP contribution in [-0.2, 0) is 9.59 Å². The fraction of sp³-hybridized carbons (Fsp3) is 0.467. The largest absolute Gasteiger partial charge is 0.506 e. The molecule has 2 bridgehead atoms. The Morgan fingerprint density at radius 1 is 1.10 bits per heavy atom. The molecule has 1 unspecified atom stereocenters. The number of aromatic hydroxyl groups is 1. The van der Waals surface area contributed by atoms with Crippen molar-refractivity contribution in [3.63, 3.8) is 0 Å². The standard InChI is InChI=1S/C15H14ClNO3/c16-10-6-9(3-4-11(10)18)17-14(19)12-7-1-2-8(5-7)13(12)15(17)20/h3-4,6-8,12-13,18H,1-2,5H2/t7-,8?,12-,13+/m1/s1. The maximum Gasteiger partial charge on any atom is 0.237 e. The van der Waals surface area contributed by atoms with Crippen LogP contribution >= 0.6 is 11.6 Å². The van der Waals surface area contributed by atoms with Gasteiger partial charge >= 0.3 is 0 Å². The van der Waals surface area contributed by atoms with Crippen LogP contribution in [0.2, 0.25) is 5.02 Å². The van der Waals surface area contributed by atoms with Crippen molar-refractivity contribution in [2.45, 2.75) is 19.3 Å². The van der Waals surface area contributed by atoms with Crippen LogP contribution in [0.1, 0.15) is 19.3 Å². The quantitative estimate of drug-likeness (QED) is 0.809. The van der Waals surface area contributed by atoms with Crippen molar-refractivity contribution in [2.75, 3.05) is 4.90 Å². The molecule has 1 saturated heterocycles. The summed E-state index contributed by atoms with van der Waals surface area (Å²) in [6, 6.07) is 4.47. The van der Waals surface area contributed by atoms with Gasteiger partial charge in [-0.2, -0.15) is 0 Å². The van der Waals surface area contributed by atoms with E-state index in [1.807, 2.05) is 0 Å². The zero-order valence-corrected chi connectivity index (χ0v) is 11.5. The van der Waals surface area contributed by atoms with Crippen LogP contribution in [-0.4, -0.2) is 16.9 Å². The smallest absolute Gasteiger partial charge is 0.237 e. The molecule has 20 heavy (non-hydrogen) atoms. The van der Waals surface area contributed by atoms with Crippen LogP contribution in [0.5, 0.6) is 5.75 Å². The zero-order chi connectivity index (χ0) is 14.0. The Morgan fingerprint density at radius 3 is 2.25 bits per heavy atom. The van der Waals surface area contributed by atoms with E-state index in [1.54, 1.807) is 6.07 Å². The number of benzene rings is 1. The Morgan fingerprint density at radius 2 is 1.70 bits per heavy atom. The van der Waals surface area contributed by atoms with Crippen molar-refractivity contribution in [2.24, 2.45) is 23.7 Å². The lowest BCUT2D eigenvalue weighted by molar-refractivity contribution is -0.123. The summed E-state index contributed by atoms with van der Waals surface area (Å²) < 4.78 is 0. The Labute approximate surface area is 121 Å². The third-order valence-corrected chi connectivity index (χ3v) is 5.42. The van der Waals surface area contributed by atoms with Crippen LogP contribution < -0.4 is 4.90 Å². The molecular weight excluding hydrogens is 278 g/mol. The highest BCUT2D eigenvalue weighted by Crippen LogP contribution is 2.56. The zero-order valence-electron chi connectivity index (χ0n) is 10.8. The number of imide groups is 1. The topological polar surface area (TPSA) is 57.6 Å². The fourth-order valence-corrected chi connectivity index (χ4v) is 4.47. The predicted octanol–water partition coefficient (Wildman–Crippen LogP) is 2.58. The molecule has 2 aliphatic carbocycles. The lowest BCUT2D eigenvalue weighted by atomic mass is 9.81. The van der Waals surface area contributed by atoms with Crippen LogP contribution in [0, 0.1) is 23.7 Å². The van der Waals surface area contributed by atoms with E-state index in [1.165, 1.54) is 17.0 Å². The molecule has 0 aromatic heterocycles. The minimum atomic E-state index is -0.131. The first kappa shape index (κ1) is 12.2. The SMILES string of the molecule is O=C1[C@@H]2[C@@H]3CCC(C3)[C@@H]2C(=O)N1c1ccc(O)c(Cl)c1. The number of carbonyl (C=O) groups excluding carboxylic acids is 2. The Balaban J connectivity index is 1.74. The van der Waals surface area contributed by atoms with Crippen molar-refractivity contribution in [1.82, 2.24) is 0 Å². The minimum Gasteiger partial charge on any atom is -0.506 e. The second-order valence-electron chi connectivity index (χ2n) is 6.03. The summed E-state index contributed by atoms with van der Waals surface area (Å²) in [6.45, 7) is 0. The molecule has 1 aromatic rings. The van der Waals surface area contributed by atoms with Gasteiger partial charge in [0.2, 0.25) is 11.8 Å². The average Bonchev–Trinajstić information content (AvgIpc) is 3.08. The number of fused-ring (bicyclic) bond motifs is 5. The fourth-order valence-electron chi connectivity index (χ4n) is 4.30. The molecule has 104 valence electrons. The molecule has 0 spiro atoms. The molecule has 2 amide bonds. The minimum absolute atomic E-state index is 0.0465. The highest BCUT2D eigenvalue weighted by Gasteiger charge is 2.61. The van der Waals surface area contributed by atoms with E-state index in [9.17, 15) is 14.7 Å². The highest BCUT2D eigenvalue weighted by atomic mass is 35.5. The van der Waals surface area contributed by atoms with E-state index >= 15 is 0 Å². The number of hydrogen-bond acceptors (Lipinski definition) is 3. The van der Waals surface area contributed by atoms with Crippen molar-refractivity contribution >= 4 is 29.1 Å². The number of nitrogens with zero attached hydrogens (tertiary/aromatic N) is 1. The summed E-state index contributed by atoms with van der Waals surface area (Å²) >= 11 is 5.88. The van der Waals surface area contributed by atoms with E-state index in [2.05, 4.69) is 0 Å². The predicted molar refractivity (Wildman–Crippen MR) is 73.4 cm³/mol. The van der Waals surface area contributed by atoms with Gasteiger partial charge in [-0.25, -0.2) is 4.90 Å². The molecule has 4 atom stereocenters. The molecule has 3 aliphatic rings. The maximum absolute atomic E-state index is 12.6. The number of hydrogen-bond donors (Lipinski definition) is 1. The molecule has 0 radical (unpaired) electrons. The summed E-state index contributed by atoms with van der Waals surface area (Å²) in [7, 11) is 0. The number of phenols is 1. The normalized spacial score (nSPS) is 35.0. The van der Waals surface area contributed by atoms with Gasteiger partial charge in [0.15, 0.2) is 0 Å². The second kappa shape index (κ2) is 3.98. The summed E-state index contributed by atoms with van der Waals surface area (Å²) in [5, 5.41) is 9.61. The second-order valence-corrected chi connectivity index (χ2v) is 6.44. The van der Waals surface area contributed by atoms with Gasteiger partial charge in [0, 0.05) is 0 Å². The van der Waals surface area contributed by atoms with Gasteiger partial charge in [-0.1, -0.05) is 11.6 Å². The van der Waals surface area contributed by atoms with Crippen molar-refractivity contribution in [3.8, 4) is 5.75 Å². The van der Waals surface area contributed by atoms with E-state index in [4.69, 9.17) is 11.6 Å². The molecule has 2 saturated carbocycles. The third-order valence-electron chi connectivity index (χ3n) is 5.12. The van der Waals surface area contributed by atoms with Gasteiger partial charge in [0.05, 0.1) is 22.5 Å². The third kappa shape index (κ3) is 1.43. The molecule has 1 N–H and O–H groups in total. The van der Waals surface area contributed by atoms with E-state index in [-0.39, 0.29) is 34.4 Å². The van der Waals surface area contributed by atoms with Crippen molar-refractivity contribution in [3.05, 3.63) is 23.2 Å². The molecule has 4 rings (SSSR count). The Hall–Kier alpha value is -1.55. The molecule has 1 aliphatic heterocycles. The summed E-state index contributed by atoms with van der Waals surface area (Å²) in [6.07, 6.45) is 3.15. The number of halogens is 1. The first-order chi connectivity index (χ1) is 9.58.